The van der Waals surface area contributed by atoms with Crippen LogP contribution in [0.15, 0.2) is 303 Å². The summed E-state index contributed by atoms with van der Waals surface area (Å²) in [7, 11) is -20.5. The SMILES string of the molecule is O=P(OCc1ccccc1)(OCc1ccccc1)O[C@@H]1C(OCc2ccccc2)[C@@H](OP(=O)(OCc2ccccc2)OCc2ccccc2)[C@H](OP(=O)(OCc2ccccc2)OCc2ccccc2)C(OCc2ccccc2)[C@H]1OP(=O)(OCc1ccccc1)OCc1ccccc1. The van der Waals surface area contributed by atoms with Crippen molar-refractivity contribution in [3.63, 3.8) is 0 Å². The van der Waals surface area contributed by atoms with Crippen molar-refractivity contribution < 1.29 is 82.0 Å². The molecule has 22 heteroatoms. The van der Waals surface area contributed by atoms with Gasteiger partial charge in [0.1, 0.15) is 36.6 Å². The Morgan fingerprint density at radius 3 is 0.429 bits per heavy atom. The summed E-state index contributed by atoms with van der Waals surface area (Å²) in [5.74, 6) is 0. The van der Waals surface area contributed by atoms with Gasteiger partial charge in [-0.15, -0.1) is 0 Å². The van der Waals surface area contributed by atoms with E-state index in [1.165, 1.54) is 0 Å². The summed E-state index contributed by atoms with van der Waals surface area (Å²) in [6, 6.07) is 89.5. The molecule has 508 valence electrons. The van der Waals surface area contributed by atoms with E-state index in [9.17, 15) is 0 Å². The molecule has 0 radical (unpaired) electrons. The predicted molar refractivity (Wildman–Crippen MR) is 370 cm³/mol. The van der Waals surface area contributed by atoms with Gasteiger partial charge in [0.25, 0.3) is 0 Å². The summed E-state index contributed by atoms with van der Waals surface area (Å²) in [6.45, 7) is -3.31. The lowest BCUT2D eigenvalue weighted by molar-refractivity contribution is -0.240. The zero-order valence-electron chi connectivity index (χ0n) is 53.5. The topological polar surface area (TPSA) is 197 Å². The molecule has 0 unspecified atom stereocenters. The standard InChI is InChI=1S/C76H76O18P4/c77-95(83-53-63-35-15-3-16-36-63,84-54-64-37-17-4-18-38-64)91-73-71(81-51-61-31-11-1-12-32-61)74(92-96(78,85-55-65-39-19-5-20-40-65)86-56-66-41-21-6-22-42-66)76(94-98(80,89-59-69-47-27-9-28-48-69)90-60-70-49-29-10-30-50-70)72(82-52-62-33-13-2-14-34-62)75(73)93-97(79,87-57-67-43-23-7-24-44-67)88-58-68-45-25-8-26-46-68/h1-50,71-76H,51-60H2/t71?,72?,73-,74-,75-,76-/m1/s1. The van der Waals surface area contributed by atoms with E-state index >= 15 is 18.3 Å². The summed E-state index contributed by atoms with van der Waals surface area (Å²) in [5.41, 5.74) is 5.79. The average Bonchev–Trinajstić information content (AvgIpc) is 0.743. The Morgan fingerprint density at radius 1 is 0.173 bits per heavy atom. The molecule has 0 aromatic heterocycles. The molecule has 18 nitrogen and oxygen atoms in total. The van der Waals surface area contributed by atoms with Crippen molar-refractivity contribution in [1.29, 1.82) is 0 Å². The van der Waals surface area contributed by atoms with Crippen LogP contribution in [0.2, 0.25) is 0 Å². The highest BCUT2D eigenvalue weighted by Crippen LogP contribution is 2.63. The third kappa shape index (κ3) is 22.3. The average molecular weight is 1400 g/mol. The summed E-state index contributed by atoms with van der Waals surface area (Å²) >= 11 is 0. The third-order valence-electron chi connectivity index (χ3n) is 15.4. The van der Waals surface area contributed by atoms with Crippen LogP contribution in [0.25, 0.3) is 0 Å². The molecule has 1 fully saturated rings. The Bertz CT molecular complexity index is 3450. The van der Waals surface area contributed by atoms with Gasteiger partial charge in [0.15, 0.2) is 0 Å². The van der Waals surface area contributed by atoms with E-state index in [2.05, 4.69) is 0 Å². The first-order valence-corrected chi connectivity index (χ1v) is 37.7. The Morgan fingerprint density at radius 2 is 0.296 bits per heavy atom. The summed E-state index contributed by atoms with van der Waals surface area (Å²) < 4.78 is 160. The highest BCUT2D eigenvalue weighted by Gasteiger charge is 2.62. The van der Waals surface area contributed by atoms with E-state index in [4.69, 9.17) is 63.8 Å². The van der Waals surface area contributed by atoms with E-state index in [0.717, 1.165) is 0 Å². The van der Waals surface area contributed by atoms with Gasteiger partial charge in [-0.05, 0) is 55.6 Å². The van der Waals surface area contributed by atoms with Gasteiger partial charge >= 0.3 is 31.3 Å². The number of hydrogen-bond acceptors (Lipinski definition) is 18. The molecule has 0 saturated heterocycles. The largest absolute Gasteiger partial charge is 0.475 e. The molecule has 1 aliphatic carbocycles. The molecule has 10 aromatic rings. The second kappa shape index (κ2) is 36.6. The normalized spacial score (nSPS) is 17.5. The van der Waals surface area contributed by atoms with Crippen molar-refractivity contribution in [3.8, 4) is 0 Å². The summed E-state index contributed by atoms with van der Waals surface area (Å²) in [6.07, 6.45) is -11.8. The van der Waals surface area contributed by atoms with Crippen LogP contribution in [0.1, 0.15) is 55.6 Å². The first-order chi connectivity index (χ1) is 47.9. The fraction of sp³-hybridized carbons (Fsp3) is 0.211. The molecular formula is C76H76O18P4. The number of ether oxygens (including phenoxy) is 2. The maximum absolute atomic E-state index is 16.5. The highest BCUT2D eigenvalue weighted by atomic mass is 31.2. The van der Waals surface area contributed by atoms with Gasteiger partial charge < -0.3 is 9.47 Å². The fourth-order valence-electron chi connectivity index (χ4n) is 10.3. The molecule has 0 bridgehead atoms. The van der Waals surface area contributed by atoms with Crippen molar-refractivity contribution in [2.45, 2.75) is 103 Å². The summed E-state index contributed by atoms with van der Waals surface area (Å²) in [4.78, 5) is 0. The monoisotopic (exact) mass is 1400 g/mol. The Kier molecular flexibility index (Phi) is 26.8. The van der Waals surface area contributed by atoms with Crippen molar-refractivity contribution >= 4 is 31.3 Å². The molecular weight excluding hydrogens is 1320 g/mol. The molecule has 98 heavy (non-hydrogen) atoms. The van der Waals surface area contributed by atoms with Gasteiger partial charge in [0.05, 0.1) is 66.1 Å². The van der Waals surface area contributed by atoms with Crippen LogP contribution in [0, 0.1) is 0 Å². The van der Waals surface area contributed by atoms with Crippen LogP contribution in [-0.4, -0.2) is 36.6 Å². The molecule has 1 aliphatic rings. The van der Waals surface area contributed by atoms with Crippen molar-refractivity contribution in [3.05, 3.63) is 359 Å². The lowest BCUT2D eigenvalue weighted by Gasteiger charge is -2.50. The van der Waals surface area contributed by atoms with E-state index < -0.39 is 67.9 Å². The number of benzene rings is 10. The van der Waals surface area contributed by atoms with Crippen molar-refractivity contribution in [2.75, 3.05) is 0 Å². The second-order valence-electron chi connectivity index (χ2n) is 22.7. The number of phosphoric acid groups is 4. The smallest absolute Gasteiger partial charge is 0.368 e. The molecule has 0 amide bonds. The van der Waals surface area contributed by atoms with Gasteiger partial charge in [-0.3, -0.25) is 54.3 Å². The maximum Gasteiger partial charge on any atom is 0.475 e. The van der Waals surface area contributed by atoms with Crippen LogP contribution in [-0.2, 0) is 148 Å². The number of hydrogen-bond donors (Lipinski definition) is 0. The molecule has 0 spiro atoms. The lowest BCUT2D eigenvalue weighted by atomic mass is 9.84. The Labute approximate surface area is 572 Å². The molecule has 0 heterocycles. The molecule has 4 atom stereocenters. The van der Waals surface area contributed by atoms with Crippen LogP contribution < -0.4 is 0 Å². The maximum atomic E-state index is 16.5. The minimum absolute atomic E-state index is 0.306. The van der Waals surface area contributed by atoms with Gasteiger partial charge in [0, 0.05) is 0 Å². The lowest BCUT2D eigenvalue weighted by Crippen LogP contribution is -2.67. The first-order valence-electron chi connectivity index (χ1n) is 31.9. The van der Waals surface area contributed by atoms with Crippen LogP contribution in [0.5, 0.6) is 0 Å². The number of phosphoric ester groups is 4. The molecule has 0 N–H and O–H groups in total. The van der Waals surface area contributed by atoms with Crippen LogP contribution in [0.4, 0.5) is 0 Å². The van der Waals surface area contributed by atoms with Gasteiger partial charge in [-0.2, -0.15) is 0 Å². The highest BCUT2D eigenvalue weighted by molar-refractivity contribution is 7.49. The van der Waals surface area contributed by atoms with E-state index in [0.29, 0.717) is 55.6 Å². The van der Waals surface area contributed by atoms with Crippen molar-refractivity contribution in [1.82, 2.24) is 0 Å². The van der Waals surface area contributed by atoms with Gasteiger partial charge in [-0.25, -0.2) is 18.3 Å². The molecule has 1 saturated carbocycles. The molecule has 10 aromatic carbocycles. The fourth-order valence-corrected chi connectivity index (χ4v) is 15.7. The van der Waals surface area contributed by atoms with E-state index in [1.54, 1.807) is 243 Å². The first kappa shape index (κ1) is 71.8. The van der Waals surface area contributed by atoms with Gasteiger partial charge in [0.2, 0.25) is 0 Å². The van der Waals surface area contributed by atoms with Crippen LogP contribution >= 0.6 is 31.3 Å². The van der Waals surface area contributed by atoms with Crippen LogP contribution in [0.3, 0.4) is 0 Å². The van der Waals surface area contributed by atoms with E-state index in [1.807, 2.05) is 60.7 Å². The second-order valence-corrected chi connectivity index (χ2v) is 29.2. The van der Waals surface area contributed by atoms with Crippen molar-refractivity contribution in [2.24, 2.45) is 0 Å². The zero-order valence-corrected chi connectivity index (χ0v) is 57.1. The Balaban J connectivity index is 1.15. The minimum Gasteiger partial charge on any atom is -0.368 e. The summed E-state index contributed by atoms with van der Waals surface area (Å²) in [5, 5.41) is 0. The minimum atomic E-state index is -5.14. The predicted octanol–water partition coefficient (Wildman–Crippen LogP) is 18.9. The molecule has 0 aliphatic heterocycles. The quantitative estimate of drug-likeness (QED) is 0.0331. The number of rotatable bonds is 38. The zero-order chi connectivity index (χ0) is 67.6. The van der Waals surface area contributed by atoms with Gasteiger partial charge in [-0.1, -0.05) is 303 Å². The third-order valence-corrected chi connectivity index (χ3v) is 20.9. The molecule has 11 rings (SSSR count). The van der Waals surface area contributed by atoms with E-state index in [-0.39, 0.29) is 66.1 Å². The Hall–Kier alpha value is -7.44.